The zero-order chi connectivity index (χ0) is 5.28. The van der Waals surface area contributed by atoms with Crippen LogP contribution in [-0.2, 0) is 9.53 Å². The minimum atomic E-state index is -0.0417. The van der Waals surface area contributed by atoms with E-state index in [4.69, 9.17) is 0 Å². The van der Waals surface area contributed by atoms with Crippen molar-refractivity contribution in [3.05, 3.63) is 7.05 Å². The first-order valence-corrected chi connectivity index (χ1v) is 1.99. The molecule has 0 radical (unpaired) electrons. The molecule has 1 rings (SSSR count). The summed E-state index contributed by atoms with van der Waals surface area (Å²) in [4.78, 5) is 11.6. The van der Waals surface area contributed by atoms with Crippen molar-refractivity contribution in [2.75, 3.05) is 13.3 Å². The highest BCUT2D eigenvalue weighted by molar-refractivity contribution is 5.78. The predicted molar refractivity (Wildman–Crippen MR) is 23.0 cm³/mol. The number of carbonyl (C=O) groups excluding carboxylic acids is 1. The van der Waals surface area contributed by atoms with Gasteiger partial charge in [0.1, 0.15) is 6.61 Å². The number of hydrogen-bond donors (Lipinski definition) is 0. The second-order valence-electron chi connectivity index (χ2n) is 1.41. The Labute approximate surface area is 41.9 Å². The molecule has 1 heterocycles. The Kier molecular flexibility index (Phi) is 0.982. The van der Waals surface area contributed by atoms with E-state index in [-0.39, 0.29) is 12.5 Å². The molecule has 3 nitrogen and oxygen atoms in total. The van der Waals surface area contributed by atoms with Crippen molar-refractivity contribution < 1.29 is 9.53 Å². The summed E-state index contributed by atoms with van der Waals surface area (Å²) in [5.41, 5.74) is 0. The molecule has 0 unspecified atom stereocenters. The van der Waals surface area contributed by atoms with Gasteiger partial charge in [-0.25, -0.2) is 0 Å². The fourth-order valence-electron chi connectivity index (χ4n) is 0.406. The lowest BCUT2D eigenvalue weighted by atomic mass is 10.6. The summed E-state index contributed by atoms with van der Waals surface area (Å²) < 4.78 is 4.68. The third-order valence-electron chi connectivity index (χ3n) is 0.825. The van der Waals surface area contributed by atoms with Crippen LogP contribution in [0.15, 0.2) is 0 Å². The van der Waals surface area contributed by atoms with Gasteiger partial charge in [0.05, 0.1) is 6.73 Å². The van der Waals surface area contributed by atoms with Crippen LogP contribution in [0.25, 0.3) is 0 Å². The largest absolute Gasteiger partial charge is 0.473 e. The van der Waals surface area contributed by atoms with Crippen LogP contribution >= 0.6 is 0 Å². The first-order chi connectivity index (χ1) is 3.30. The number of amides is 1. The normalized spacial score (nSPS) is 21.3. The fraction of sp³-hybridized carbons (Fsp3) is 0.500. The van der Waals surface area contributed by atoms with E-state index >= 15 is 0 Å². The van der Waals surface area contributed by atoms with Crippen molar-refractivity contribution in [3.8, 4) is 0 Å². The lowest BCUT2D eigenvalue weighted by Crippen LogP contribution is -2.16. The van der Waals surface area contributed by atoms with Crippen LogP contribution in [0.1, 0.15) is 0 Å². The maximum absolute atomic E-state index is 10.3. The van der Waals surface area contributed by atoms with Crippen LogP contribution in [0.5, 0.6) is 0 Å². The number of rotatable bonds is 0. The number of carbonyl (C=O) groups is 1. The second kappa shape index (κ2) is 1.50. The highest BCUT2D eigenvalue weighted by Gasteiger charge is 2.09. The van der Waals surface area contributed by atoms with E-state index in [0.29, 0.717) is 6.73 Å². The molecule has 7 heavy (non-hydrogen) atoms. The summed E-state index contributed by atoms with van der Waals surface area (Å²) in [5.74, 6) is -0.0417. The van der Waals surface area contributed by atoms with E-state index in [2.05, 4.69) is 11.8 Å². The van der Waals surface area contributed by atoms with Crippen LogP contribution in [0.2, 0.25) is 0 Å². The van der Waals surface area contributed by atoms with Crippen molar-refractivity contribution >= 4 is 5.91 Å². The molecule has 0 aromatic heterocycles. The Morgan fingerprint density at radius 3 is 2.71 bits per heavy atom. The summed E-state index contributed by atoms with van der Waals surface area (Å²) in [6.07, 6.45) is 0. The zero-order valence-corrected chi connectivity index (χ0v) is 3.89. The Morgan fingerprint density at radius 1 is 1.86 bits per heavy atom. The van der Waals surface area contributed by atoms with Gasteiger partial charge < -0.3 is 9.64 Å². The first-order valence-electron chi connectivity index (χ1n) is 1.99. The van der Waals surface area contributed by atoms with Gasteiger partial charge in [0, 0.05) is 0 Å². The second-order valence-corrected chi connectivity index (χ2v) is 1.41. The molecule has 40 valence electrons. The Hall–Kier alpha value is -0.570. The maximum Gasteiger partial charge on any atom is 0.221 e. The molecule has 0 aromatic carbocycles. The van der Waals surface area contributed by atoms with E-state index in [1.165, 1.54) is 4.90 Å². The van der Waals surface area contributed by atoms with Gasteiger partial charge in [-0.15, -0.1) is 0 Å². The molecule has 0 spiro atoms. The third-order valence-corrected chi connectivity index (χ3v) is 0.825. The molecule has 0 saturated carbocycles. The van der Waals surface area contributed by atoms with E-state index < -0.39 is 0 Å². The van der Waals surface area contributed by atoms with E-state index in [1.54, 1.807) is 0 Å². The molecule has 0 aromatic rings. The van der Waals surface area contributed by atoms with Gasteiger partial charge in [0.15, 0.2) is 0 Å². The molecule has 0 bridgehead atoms. The Balaban J connectivity index is 2.48. The van der Waals surface area contributed by atoms with Crippen molar-refractivity contribution in [2.24, 2.45) is 0 Å². The minimum absolute atomic E-state index is 0.0417. The Bertz CT molecular complexity index is 91.7. The molecule has 1 aliphatic heterocycles. The summed E-state index contributed by atoms with van der Waals surface area (Å²) in [5, 5.41) is 0. The summed E-state index contributed by atoms with van der Waals surface area (Å²) in [6.45, 7) is 0.544. The molecule has 0 aliphatic carbocycles. The van der Waals surface area contributed by atoms with Gasteiger partial charge in [0.2, 0.25) is 5.91 Å². The standard InChI is InChI=1S/C4H6NO2/c1-5-3-7-2-4(5)6/h1-3H2/q-1. The molecule has 1 aliphatic rings. The topological polar surface area (TPSA) is 29.5 Å². The van der Waals surface area contributed by atoms with Crippen LogP contribution in [0.3, 0.4) is 0 Å². The van der Waals surface area contributed by atoms with Gasteiger partial charge >= 0.3 is 0 Å². The molecule has 1 fully saturated rings. The molecule has 1 saturated heterocycles. The van der Waals surface area contributed by atoms with Crippen molar-refractivity contribution in [1.29, 1.82) is 0 Å². The van der Waals surface area contributed by atoms with Crippen LogP contribution < -0.4 is 0 Å². The average molecular weight is 100 g/mol. The van der Waals surface area contributed by atoms with Gasteiger partial charge in [-0.1, -0.05) is 0 Å². The van der Waals surface area contributed by atoms with Crippen LogP contribution in [0, 0.1) is 7.05 Å². The summed E-state index contributed by atoms with van der Waals surface area (Å²) in [7, 11) is 3.38. The highest BCUT2D eigenvalue weighted by atomic mass is 16.5. The Morgan fingerprint density at radius 2 is 2.57 bits per heavy atom. The van der Waals surface area contributed by atoms with Crippen molar-refractivity contribution in [2.45, 2.75) is 0 Å². The molecule has 1 amide bonds. The maximum atomic E-state index is 10.3. The van der Waals surface area contributed by atoms with Crippen LogP contribution in [0.4, 0.5) is 0 Å². The summed E-state index contributed by atoms with van der Waals surface area (Å²) in [6, 6.07) is 0. The number of hydrogen-bond acceptors (Lipinski definition) is 2. The number of ether oxygens (including phenoxy) is 1. The molecule has 0 atom stereocenters. The molecular weight excluding hydrogens is 94.0 g/mol. The molecular formula is C4H6NO2-. The molecule has 3 heteroatoms. The first kappa shape index (κ1) is 4.59. The van der Waals surface area contributed by atoms with E-state index in [1.807, 2.05) is 0 Å². The average Bonchev–Trinajstić information content (AvgIpc) is 1.91. The van der Waals surface area contributed by atoms with Gasteiger partial charge in [-0.2, -0.15) is 0 Å². The van der Waals surface area contributed by atoms with Gasteiger partial charge in [-0.3, -0.25) is 11.8 Å². The third kappa shape index (κ3) is 0.718. The molecule has 0 N–H and O–H groups in total. The zero-order valence-electron chi connectivity index (χ0n) is 3.89. The predicted octanol–water partition coefficient (Wildman–Crippen LogP) is -0.406. The lowest BCUT2D eigenvalue weighted by molar-refractivity contribution is -0.124. The monoisotopic (exact) mass is 100 g/mol. The van der Waals surface area contributed by atoms with Gasteiger partial charge in [-0.05, 0) is 0 Å². The number of nitrogens with zero attached hydrogens (tertiary/aromatic N) is 1. The quantitative estimate of drug-likeness (QED) is 0.387. The highest BCUT2D eigenvalue weighted by Crippen LogP contribution is 1.96. The SMILES string of the molecule is [CH2-]N1COCC1=O. The smallest absolute Gasteiger partial charge is 0.221 e. The van der Waals surface area contributed by atoms with E-state index in [9.17, 15) is 4.79 Å². The fourth-order valence-corrected chi connectivity index (χ4v) is 0.406. The van der Waals surface area contributed by atoms with Crippen molar-refractivity contribution in [3.63, 3.8) is 0 Å². The van der Waals surface area contributed by atoms with E-state index in [0.717, 1.165) is 0 Å². The minimum Gasteiger partial charge on any atom is -0.473 e. The van der Waals surface area contributed by atoms with Gasteiger partial charge in [0.25, 0.3) is 0 Å². The van der Waals surface area contributed by atoms with Crippen molar-refractivity contribution in [1.82, 2.24) is 4.90 Å². The lowest BCUT2D eigenvalue weighted by Gasteiger charge is -2.12. The van der Waals surface area contributed by atoms with Crippen LogP contribution in [-0.4, -0.2) is 24.1 Å². The summed E-state index contributed by atoms with van der Waals surface area (Å²) >= 11 is 0.